The number of hydroxylamine groups is 1. The maximum Gasteiger partial charge on any atom is 0.146 e. The molecule has 7 unspecified atom stereocenters. The molecule has 28 heavy (non-hydrogen) atoms. The van der Waals surface area contributed by atoms with Crippen LogP contribution in [0.15, 0.2) is 0 Å². The quantitative estimate of drug-likeness (QED) is 0.651. The van der Waals surface area contributed by atoms with E-state index in [9.17, 15) is 8.78 Å². The number of hydrogen-bond acceptors (Lipinski definition) is 6. The van der Waals surface area contributed by atoms with E-state index in [1.165, 1.54) is 0 Å². The maximum absolute atomic E-state index is 13.8. The van der Waals surface area contributed by atoms with Crippen molar-refractivity contribution in [2.24, 2.45) is 11.8 Å². The lowest BCUT2D eigenvalue weighted by Crippen LogP contribution is -2.54. The molecule has 4 rings (SSSR count). The van der Waals surface area contributed by atoms with E-state index in [1.807, 2.05) is 0 Å². The summed E-state index contributed by atoms with van der Waals surface area (Å²) in [6.45, 7) is 2.86. The normalized spacial score (nSPS) is 45.8. The molecule has 4 fully saturated rings. The smallest absolute Gasteiger partial charge is 0.146 e. The highest BCUT2D eigenvalue weighted by Gasteiger charge is 2.42. The standard InChI is InChI=1S/C20H37F2N5O/c1-26(2)18-8-6-14(11-23-18)19-24-20(28-25-19)17-4-3-9-27(17)12-13-5-7-15(21)16(22)10-13/h13-20,23-25H,3-12H2,1-2H3/t13?,14?,15?,16?,17-,18?,19?,20?/m1/s1. The third kappa shape index (κ3) is 4.68. The molecule has 8 atom stereocenters. The summed E-state index contributed by atoms with van der Waals surface area (Å²) in [6, 6.07) is 0.310. The van der Waals surface area contributed by atoms with Crippen molar-refractivity contribution in [1.82, 2.24) is 25.9 Å². The van der Waals surface area contributed by atoms with Crippen molar-refractivity contribution < 1.29 is 13.6 Å². The van der Waals surface area contributed by atoms with Crippen molar-refractivity contribution in [3.63, 3.8) is 0 Å². The molecule has 4 aliphatic rings. The second kappa shape index (κ2) is 9.18. The van der Waals surface area contributed by atoms with Crippen molar-refractivity contribution in [3.8, 4) is 0 Å². The second-order valence-corrected chi connectivity index (χ2v) is 9.44. The Morgan fingerprint density at radius 2 is 1.93 bits per heavy atom. The van der Waals surface area contributed by atoms with Crippen molar-refractivity contribution in [2.45, 2.75) is 81.9 Å². The Morgan fingerprint density at radius 3 is 2.64 bits per heavy atom. The first-order valence-electron chi connectivity index (χ1n) is 11.1. The van der Waals surface area contributed by atoms with Crippen LogP contribution in [-0.2, 0) is 4.84 Å². The van der Waals surface area contributed by atoms with Crippen LogP contribution in [-0.4, -0.2) is 80.5 Å². The lowest BCUT2D eigenvalue weighted by atomic mass is 9.86. The molecule has 0 aromatic carbocycles. The summed E-state index contributed by atoms with van der Waals surface area (Å²) in [5.41, 5.74) is 3.23. The molecule has 1 saturated carbocycles. The maximum atomic E-state index is 13.8. The van der Waals surface area contributed by atoms with Crippen molar-refractivity contribution >= 4 is 0 Å². The SMILES string of the molecule is CN(C)C1CCC(C2NOC([C@H]3CCCN3CC3CCC(F)C(F)C3)N2)CN1. The first-order chi connectivity index (χ1) is 13.5. The van der Waals surface area contributed by atoms with Gasteiger partial charge in [-0.1, -0.05) is 0 Å². The van der Waals surface area contributed by atoms with Gasteiger partial charge in [-0.25, -0.2) is 8.78 Å². The topological polar surface area (TPSA) is 51.8 Å². The fraction of sp³-hybridized carbons (Fsp3) is 1.00. The zero-order chi connectivity index (χ0) is 19.7. The van der Waals surface area contributed by atoms with Crippen LogP contribution in [0.25, 0.3) is 0 Å². The number of likely N-dealkylation sites (tertiary alicyclic amines) is 1. The Kier molecular flexibility index (Phi) is 6.85. The Balaban J connectivity index is 1.26. The van der Waals surface area contributed by atoms with Crippen molar-refractivity contribution in [3.05, 3.63) is 0 Å². The van der Waals surface area contributed by atoms with Crippen LogP contribution in [0.2, 0.25) is 0 Å². The molecular formula is C20H37F2N5O. The molecule has 6 nitrogen and oxygen atoms in total. The van der Waals surface area contributed by atoms with Gasteiger partial charge in [-0.15, -0.1) is 0 Å². The van der Waals surface area contributed by atoms with Gasteiger partial charge < -0.3 is 5.32 Å². The van der Waals surface area contributed by atoms with E-state index < -0.39 is 12.3 Å². The summed E-state index contributed by atoms with van der Waals surface area (Å²) in [7, 11) is 4.23. The Morgan fingerprint density at radius 1 is 1.07 bits per heavy atom. The fourth-order valence-corrected chi connectivity index (χ4v) is 5.48. The van der Waals surface area contributed by atoms with Crippen molar-refractivity contribution in [2.75, 3.05) is 33.7 Å². The predicted molar refractivity (Wildman–Crippen MR) is 105 cm³/mol. The minimum Gasteiger partial charge on any atom is -0.301 e. The molecule has 3 aliphatic heterocycles. The number of rotatable bonds is 5. The van der Waals surface area contributed by atoms with Gasteiger partial charge in [0.15, 0.2) is 0 Å². The van der Waals surface area contributed by atoms with E-state index >= 15 is 0 Å². The molecule has 0 aromatic heterocycles. The molecule has 8 heteroatoms. The summed E-state index contributed by atoms with van der Waals surface area (Å²) in [5, 5.41) is 7.28. The molecular weight excluding hydrogens is 364 g/mol. The zero-order valence-electron chi connectivity index (χ0n) is 17.2. The first-order valence-corrected chi connectivity index (χ1v) is 11.1. The van der Waals surface area contributed by atoms with Crippen LogP contribution in [0.1, 0.15) is 44.9 Å². The molecule has 0 amide bonds. The van der Waals surface area contributed by atoms with E-state index in [2.05, 4.69) is 40.0 Å². The average molecular weight is 402 g/mol. The van der Waals surface area contributed by atoms with E-state index in [1.54, 1.807) is 0 Å². The fourth-order valence-electron chi connectivity index (χ4n) is 5.48. The molecule has 1 aliphatic carbocycles. The number of nitrogens with one attached hydrogen (secondary N) is 3. The molecule has 3 saturated heterocycles. The minimum absolute atomic E-state index is 0.0299. The zero-order valence-corrected chi connectivity index (χ0v) is 17.2. The van der Waals surface area contributed by atoms with Crippen LogP contribution < -0.4 is 16.1 Å². The second-order valence-electron chi connectivity index (χ2n) is 9.44. The van der Waals surface area contributed by atoms with Gasteiger partial charge in [-0.3, -0.25) is 20.0 Å². The van der Waals surface area contributed by atoms with Crippen molar-refractivity contribution in [1.29, 1.82) is 0 Å². The van der Waals surface area contributed by atoms with Gasteiger partial charge >= 0.3 is 0 Å². The van der Waals surface area contributed by atoms with Crippen LogP contribution in [0, 0.1) is 11.8 Å². The third-order valence-electron chi connectivity index (χ3n) is 7.25. The average Bonchev–Trinajstić information content (AvgIpc) is 3.34. The lowest BCUT2D eigenvalue weighted by Gasteiger charge is -2.36. The summed E-state index contributed by atoms with van der Waals surface area (Å²) in [5.74, 6) is 0.765. The minimum atomic E-state index is -1.28. The largest absolute Gasteiger partial charge is 0.301 e. The molecule has 3 heterocycles. The van der Waals surface area contributed by atoms with E-state index in [4.69, 9.17) is 4.84 Å². The number of alkyl halides is 2. The highest BCUT2D eigenvalue weighted by molar-refractivity contribution is 4.93. The Hall–Kier alpha value is -0.380. The van der Waals surface area contributed by atoms with Gasteiger partial charge in [0.2, 0.25) is 0 Å². The van der Waals surface area contributed by atoms with Gasteiger partial charge in [-0.2, -0.15) is 5.48 Å². The lowest BCUT2D eigenvalue weighted by molar-refractivity contribution is -0.0295. The van der Waals surface area contributed by atoms with E-state index in [0.717, 1.165) is 51.7 Å². The van der Waals surface area contributed by atoms with Gasteiger partial charge in [0.05, 0.1) is 18.4 Å². The van der Waals surface area contributed by atoms with Crippen LogP contribution in [0.4, 0.5) is 8.78 Å². The predicted octanol–water partition coefficient (Wildman–Crippen LogP) is 1.59. The summed E-state index contributed by atoms with van der Waals surface area (Å²) in [6.07, 6.45) is 4.12. The summed E-state index contributed by atoms with van der Waals surface area (Å²) in [4.78, 5) is 10.6. The third-order valence-corrected chi connectivity index (χ3v) is 7.25. The number of piperidine rings is 1. The highest BCUT2D eigenvalue weighted by atomic mass is 19.2. The Labute approximate surface area is 167 Å². The molecule has 3 N–H and O–H groups in total. The number of nitrogens with zero attached hydrogens (tertiary/aromatic N) is 2. The number of halogens is 2. The van der Waals surface area contributed by atoms with Crippen LogP contribution in [0.3, 0.4) is 0 Å². The molecule has 0 radical (unpaired) electrons. The van der Waals surface area contributed by atoms with Gasteiger partial charge in [-0.05, 0) is 71.5 Å². The van der Waals surface area contributed by atoms with E-state index in [-0.39, 0.29) is 18.3 Å². The van der Waals surface area contributed by atoms with Gasteiger partial charge in [0, 0.05) is 19.0 Å². The highest BCUT2D eigenvalue weighted by Crippen LogP contribution is 2.32. The summed E-state index contributed by atoms with van der Waals surface area (Å²) >= 11 is 0. The molecule has 162 valence electrons. The first kappa shape index (κ1) is 20.9. The van der Waals surface area contributed by atoms with Crippen LogP contribution in [0.5, 0.6) is 0 Å². The molecule has 0 aromatic rings. The monoisotopic (exact) mass is 401 g/mol. The molecule has 0 spiro atoms. The molecule has 0 bridgehead atoms. The Bertz CT molecular complexity index is 505. The van der Waals surface area contributed by atoms with Gasteiger partial charge in [0.1, 0.15) is 18.6 Å². The summed E-state index contributed by atoms with van der Waals surface area (Å²) < 4.78 is 27.2. The van der Waals surface area contributed by atoms with Crippen LogP contribution >= 0.6 is 0 Å². The number of hydrogen-bond donors (Lipinski definition) is 3. The van der Waals surface area contributed by atoms with E-state index in [0.29, 0.717) is 31.0 Å². The van der Waals surface area contributed by atoms with Gasteiger partial charge in [0.25, 0.3) is 0 Å².